The molecular formula is C60H54N2O8. The topological polar surface area (TPSA) is 114 Å². The molecule has 0 heterocycles. The van der Waals surface area contributed by atoms with E-state index >= 15 is 0 Å². The third kappa shape index (κ3) is 14.1. The molecule has 0 spiro atoms. The van der Waals surface area contributed by atoms with Crippen LogP contribution in [-0.4, -0.2) is 25.0 Å². The van der Waals surface area contributed by atoms with Crippen molar-refractivity contribution in [2.24, 2.45) is 0 Å². The highest BCUT2D eigenvalue weighted by Gasteiger charge is 2.17. The molecule has 2 amide bonds. The lowest BCUT2D eigenvalue weighted by Gasteiger charge is -2.17. The summed E-state index contributed by atoms with van der Waals surface area (Å²) in [5.74, 6) is 2.11. The highest BCUT2D eigenvalue weighted by atomic mass is 16.5. The van der Waals surface area contributed by atoms with Gasteiger partial charge in [-0.15, -0.1) is 0 Å². The number of aryl methyl sites for hydroxylation is 2. The number of rotatable bonds is 22. The van der Waals surface area contributed by atoms with Gasteiger partial charge in [0.05, 0.1) is 11.4 Å². The van der Waals surface area contributed by atoms with Crippen molar-refractivity contribution in [2.45, 2.75) is 40.3 Å². The first-order chi connectivity index (χ1) is 34.2. The van der Waals surface area contributed by atoms with E-state index < -0.39 is 0 Å². The maximum atomic E-state index is 14.0. The smallest absolute Gasteiger partial charge is 0.256 e. The Kier molecular flexibility index (Phi) is 16.2. The van der Waals surface area contributed by atoms with E-state index in [0.717, 1.165) is 33.4 Å². The molecule has 0 saturated heterocycles. The molecule has 8 aromatic rings. The lowest BCUT2D eigenvalue weighted by atomic mass is 10.1. The highest BCUT2D eigenvalue weighted by Crippen LogP contribution is 2.32. The molecule has 70 heavy (non-hydrogen) atoms. The van der Waals surface area contributed by atoms with Crippen LogP contribution in [0.5, 0.6) is 34.5 Å². The molecule has 8 rings (SSSR count). The first-order valence-electron chi connectivity index (χ1n) is 22.9. The molecule has 0 bridgehead atoms. The molecule has 0 aliphatic rings. The van der Waals surface area contributed by atoms with Crippen LogP contribution < -0.4 is 39.1 Å². The first kappa shape index (κ1) is 47.7. The number of carbonyl (C=O) groups is 2. The van der Waals surface area contributed by atoms with Crippen molar-refractivity contribution in [3.8, 4) is 34.5 Å². The minimum absolute atomic E-state index is 0.0846. The minimum Gasteiger partial charge on any atom is -0.489 e. The monoisotopic (exact) mass is 930 g/mol. The summed E-state index contributed by atoms with van der Waals surface area (Å²) in [4.78, 5) is 28.0. The Morgan fingerprint density at radius 3 is 0.986 bits per heavy atom. The summed E-state index contributed by atoms with van der Waals surface area (Å²) in [7, 11) is 0. The van der Waals surface area contributed by atoms with Crippen LogP contribution in [0.2, 0.25) is 0 Å². The second-order valence-electron chi connectivity index (χ2n) is 16.7. The van der Waals surface area contributed by atoms with Crippen LogP contribution in [0.3, 0.4) is 0 Å². The summed E-state index contributed by atoms with van der Waals surface area (Å²) < 4.78 is 37.1. The van der Waals surface area contributed by atoms with Gasteiger partial charge in [-0.3, -0.25) is 9.59 Å². The molecule has 0 saturated carbocycles. The summed E-state index contributed by atoms with van der Waals surface area (Å²) in [6, 6.07) is 60.7. The molecule has 0 atom stereocenters. The first-order valence-corrected chi connectivity index (χ1v) is 22.9. The van der Waals surface area contributed by atoms with Crippen molar-refractivity contribution < 1.29 is 38.0 Å². The van der Waals surface area contributed by atoms with Gasteiger partial charge in [-0.2, -0.15) is 0 Å². The molecule has 10 heteroatoms. The standard InChI is InChI=1S/C60H54N2O8/c1-42-24-26-57(55(28-42)61-59(63)49-30-51(65-38-45-16-8-4-9-17-45)34-52(31-49)66-39-46-18-10-5-11-19-46)69-36-44(3)37-70-58-27-25-43(2)29-56(58)62-60(64)50-32-53(67-40-47-20-12-6-13-21-47)35-54(33-50)68-41-48-22-14-7-15-23-48/h4-35H,3,36-41H2,1-2H3,(H,61,63)(H,62,64). The summed E-state index contributed by atoms with van der Waals surface area (Å²) in [6.45, 7) is 9.53. The summed E-state index contributed by atoms with van der Waals surface area (Å²) in [5.41, 5.74) is 8.08. The van der Waals surface area contributed by atoms with E-state index in [-0.39, 0.29) is 25.0 Å². The molecule has 0 radical (unpaired) electrons. The fourth-order valence-electron chi connectivity index (χ4n) is 7.23. The molecule has 0 aliphatic carbocycles. The van der Waals surface area contributed by atoms with Crippen LogP contribution in [-0.2, 0) is 26.4 Å². The van der Waals surface area contributed by atoms with Crippen LogP contribution in [0.4, 0.5) is 11.4 Å². The van der Waals surface area contributed by atoms with Gasteiger partial charge in [-0.1, -0.05) is 140 Å². The van der Waals surface area contributed by atoms with Crippen molar-refractivity contribution in [3.05, 3.63) is 251 Å². The second-order valence-corrected chi connectivity index (χ2v) is 16.7. The van der Waals surface area contributed by atoms with Crippen LogP contribution in [0.15, 0.2) is 206 Å². The van der Waals surface area contributed by atoms with Crippen molar-refractivity contribution in [1.82, 2.24) is 0 Å². The van der Waals surface area contributed by atoms with Gasteiger partial charge >= 0.3 is 0 Å². The van der Waals surface area contributed by atoms with Crippen molar-refractivity contribution in [1.29, 1.82) is 0 Å². The van der Waals surface area contributed by atoms with Crippen LogP contribution >= 0.6 is 0 Å². The number of amides is 2. The number of hydrogen-bond acceptors (Lipinski definition) is 8. The molecule has 352 valence electrons. The lowest BCUT2D eigenvalue weighted by molar-refractivity contribution is 0.101. The fourth-order valence-corrected chi connectivity index (χ4v) is 7.23. The van der Waals surface area contributed by atoms with Gasteiger partial charge in [-0.05, 0) is 101 Å². The maximum Gasteiger partial charge on any atom is 0.256 e. The van der Waals surface area contributed by atoms with E-state index in [1.165, 1.54) is 0 Å². The molecule has 0 unspecified atom stereocenters. The van der Waals surface area contributed by atoms with Crippen molar-refractivity contribution in [2.75, 3.05) is 23.8 Å². The van der Waals surface area contributed by atoms with E-state index in [1.54, 1.807) is 48.5 Å². The Hall–Kier alpha value is -8.76. The van der Waals surface area contributed by atoms with Gasteiger partial charge in [0.2, 0.25) is 0 Å². The normalized spacial score (nSPS) is 10.7. The maximum absolute atomic E-state index is 14.0. The molecule has 8 aromatic carbocycles. The van der Waals surface area contributed by atoms with Crippen LogP contribution in [0.25, 0.3) is 0 Å². The number of nitrogens with one attached hydrogen (secondary N) is 2. The molecular weight excluding hydrogens is 877 g/mol. The molecule has 10 nitrogen and oxygen atoms in total. The zero-order chi connectivity index (χ0) is 48.5. The SMILES string of the molecule is C=C(COc1ccc(C)cc1NC(=O)c1cc(OCc2ccccc2)cc(OCc2ccccc2)c1)COc1ccc(C)cc1NC(=O)c1cc(OCc2ccccc2)cc(OCc2ccccc2)c1. The third-order valence-electron chi connectivity index (χ3n) is 10.9. The highest BCUT2D eigenvalue weighted by molar-refractivity contribution is 6.06. The lowest BCUT2D eigenvalue weighted by Crippen LogP contribution is -2.16. The largest absolute Gasteiger partial charge is 0.489 e. The number of hydrogen-bond donors (Lipinski definition) is 2. The Labute approximate surface area is 409 Å². The van der Waals surface area contributed by atoms with E-state index in [2.05, 4.69) is 17.2 Å². The van der Waals surface area contributed by atoms with E-state index in [4.69, 9.17) is 28.4 Å². The van der Waals surface area contributed by atoms with Crippen LogP contribution in [0, 0.1) is 13.8 Å². The predicted octanol–water partition coefficient (Wildman–Crippen LogP) is 13.1. The Morgan fingerprint density at radius 2 is 0.686 bits per heavy atom. The minimum atomic E-state index is -0.372. The Morgan fingerprint density at radius 1 is 0.386 bits per heavy atom. The average Bonchev–Trinajstić information content (AvgIpc) is 3.39. The second kappa shape index (κ2) is 23.8. The molecule has 0 fully saturated rings. The van der Waals surface area contributed by atoms with Gasteiger partial charge in [0.15, 0.2) is 0 Å². The van der Waals surface area contributed by atoms with Gasteiger partial charge in [0, 0.05) is 23.3 Å². The summed E-state index contributed by atoms with van der Waals surface area (Å²) in [6.07, 6.45) is 0. The zero-order valence-corrected chi connectivity index (χ0v) is 39.2. The van der Waals surface area contributed by atoms with Gasteiger partial charge in [-0.25, -0.2) is 0 Å². The number of benzene rings is 8. The third-order valence-corrected chi connectivity index (χ3v) is 10.9. The van der Waals surface area contributed by atoms with E-state index in [1.807, 2.05) is 159 Å². The van der Waals surface area contributed by atoms with Gasteiger partial charge in [0.25, 0.3) is 11.8 Å². The van der Waals surface area contributed by atoms with Crippen LogP contribution in [0.1, 0.15) is 54.1 Å². The Balaban J connectivity index is 0.914. The quantitative estimate of drug-likeness (QED) is 0.0646. The van der Waals surface area contributed by atoms with Crippen molar-refractivity contribution in [3.63, 3.8) is 0 Å². The predicted molar refractivity (Wildman–Crippen MR) is 274 cm³/mol. The zero-order valence-electron chi connectivity index (χ0n) is 39.2. The van der Waals surface area contributed by atoms with E-state index in [0.29, 0.717) is 89.0 Å². The van der Waals surface area contributed by atoms with Crippen molar-refractivity contribution >= 4 is 23.2 Å². The van der Waals surface area contributed by atoms with Gasteiger partial charge < -0.3 is 39.1 Å². The summed E-state index contributed by atoms with van der Waals surface area (Å²) >= 11 is 0. The Bertz CT molecular complexity index is 2690. The molecule has 0 aromatic heterocycles. The summed E-state index contributed by atoms with van der Waals surface area (Å²) in [5, 5.41) is 6.08. The number of anilines is 2. The molecule has 2 N–H and O–H groups in total. The van der Waals surface area contributed by atoms with Gasteiger partial charge in [0.1, 0.15) is 74.1 Å². The van der Waals surface area contributed by atoms with E-state index in [9.17, 15) is 9.59 Å². The number of carbonyl (C=O) groups excluding carboxylic acids is 2. The number of ether oxygens (including phenoxy) is 6. The average molecular weight is 931 g/mol. The molecule has 0 aliphatic heterocycles. The fraction of sp³-hybridized carbons (Fsp3) is 0.133.